The van der Waals surface area contributed by atoms with Gasteiger partial charge in [-0.05, 0) is 65.0 Å². The maximum atomic E-state index is 6.80. The summed E-state index contributed by atoms with van der Waals surface area (Å²) in [6.07, 6.45) is 0. The first kappa shape index (κ1) is 30.0. The molecule has 0 amide bonds. The minimum atomic E-state index is 0.613. The fourth-order valence-corrected chi connectivity index (χ4v) is 8.47. The van der Waals surface area contributed by atoms with Gasteiger partial charge in [-0.15, -0.1) is 0 Å². The summed E-state index contributed by atoms with van der Waals surface area (Å²) < 4.78 is 15.7. The maximum absolute atomic E-state index is 6.80. The van der Waals surface area contributed by atoms with Crippen LogP contribution in [0.25, 0.3) is 116 Å². The molecule has 5 nitrogen and oxygen atoms in total. The largest absolute Gasteiger partial charge is 0.455 e. The second-order valence-corrected chi connectivity index (χ2v) is 14.1. The van der Waals surface area contributed by atoms with E-state index in [0.29, 0.717) is 11.4 Å². The van der Waals surface area contributed by atoms with Gasteiger partial charge in [-0.1, -0.05) is 127 Å². The zero-order valence-electron chi connectivity index (χ0n) is 29.4. The second kappa shape index (κ2) is 11.5. The summed E-state index contributed by atoms with van der Waals surface area (Å²) in [7, 11) is 0. The Kier molecular flexibility index (Phi) is 6.27. The van der Waals surface area contributed by atoms with Gasteiger partial charge in [0.05, 0.1) is 11.0 Å². The molecule has 55 heavy (non-hydrogen) atoms. The first-order valence-corrected chi connectivity index (χ1v) is 18.5. The molecule has 256 valence electrons. The van der Waals surface area contributed by atoms with Gasteiger partial charge >= 0.3 is 0 Å². The molecule has 0 aliphatic heterocycles. The number of furan rings is 2. The molecule has 0 N–H and O–H groups in total. The van der Waals surface area contributed by atoms with Gasteiger partial charge in [0.2, 0.25) is 0 Å². The van der Waals surface area contributed by atoms with Gasteiger partial charge in [0, 0.05) is 49.1 Å². The number of benzene rings is 8. The van der Waals surface area contributed by atoms with E-state index in [1.54, 1.807) is 0 Å². The fraction of sp³-hybridized carbons (Fsp3) is 0. The van der Waals surface area contributed by atoms with Crippen molar-refractivity contribution in [1.82, 2.24) is 14.5 Å². The molecule has 0 spiro atoms. The van der Waals surface area contributed by atoms with E-state index in [9.17, 15) is 0 Å². The van der Waals surface area contributed by atoms with Crippen molar-refractivity contribution in [2.24, 2.45) is 0 Å². The molecule has 0 saturated heterocycles. The smallest absolute Gasteiger partial charge is 0.180 e. The average molecular weight is 704 g/mol. The molecule has 12 rings (SSSR count). The van der Waals surface area contributed by atoms with E-state index < -0.39 is 0 Å². The number of para-hydroxylation sites is 3. The number of nitrogens with zero attached hydrogens (tertiary/aromatic N) is 3. The number of hydrogen-bond donors (Lipinski definition) is 0. The van der Waals surface area contributed by atoms with Crippen molar-refractivity contribution in [2.45, 2.75) is 0 Å². The highest BCUT2D eigenvalue weighted by atomic mass is 16.3. The summed E-state index contributed by atoms with van der Waals surface area (Å²) in [5.41, 5.74) is 12.1. The van der Waals surface area contributed by atoms with E-state index in [4.69, 9.17) is 18.8 Å². The molecular formula is C50H29N3O2. The lowest BCUT2D eigenvalue weighted by molar-refractivity contribution is 0.667. The zero-order valence-corrected chi connectivity index (χ0v) is 29.4. The number of hydrogen-bond acceptors (Lipinski definition) is 4. The summed E-state index contributed by atoms with van der Waals surface area (Å²) >= 11 is 0. The van der Waals surface area contributed by atoms with Crippen LogP contribution in [-0.4, -0.2) is 14.5 Å². The SMILES string of the molecule is c1ccc(-c2ccc(-c3nc(-c4cc5ccccc5c5oc6ccc(-n7c8ccccc8c8ccccc87)cc6c45)nc4c3oc3ccccc34)cc2)cc1. The predicted octanol–water partition coefficient (Wildman–Crippen LogP) is 13.5. The lowest BCUT2D eigenvalue weighted by Gasteiger charge is -2.10. The molecule has 0 radical (unpaired) electrons. The van der Waals surface area contributed by atoms with Gasteiger partial charge in [0.15, 0.2) is 11.4 Å². The van der Waals surface area contributed by atoms with E-state index in [1.807, 2.05) is 24.3 Å². The summed E-state index contributed by atoms with van der Waals surface area (Å²) in [6.45, 7) is 0. The third kappa shape index (κ3) is 4.47. The number of aromatic nitrogens is 3. The third-order valence-corrected chi connectivity index (χ3v) is 11.0. The van der Waals surface area contributed by atoms with E-state index in [-0.39, 0.29) is 0 Å². The molecule has 0 aliphatic rings. The average Bonchev–Trinajstić information content (AvgIpc) is 3.93. The van der Waals surface area contributed by atoms with Crippen molar-refractivity contribution in [3.63, 3.8) is 0 Å². The highest BCUT2D eigenvalue weighted by Crippen LogP contribution is 2.44. The number of fused-ring (bicyclic) bond motifs is 11. The zero-order chi connectivity index (χ0) is 36.0. The summed E-state index contributed by atoms with van der Waals surface area (Å²) in [6, 6.07) is 61.4. The van der Waals surface area contributed by atoms with Crippen LogP contribution < -0.4 is 0 Å². The van der Waals surface area contributed by atoms with Crippen molar-refractivity contribution in [1.29, 1.82) is 0 Å². The lowest BCUT2D eigenvalue weighted by atomic mass is 9.99. The van der Waals surface area contributed by atoms with Crippen LogP contribution in [0.4, 0.5) is 0 Å². The third-order valence-electron chi connectivity index (χ3n) is 11.0. The van der Waals surface area contributed by atoms with Crippen molar-refractivity contribution in [3.8, 4) is 39.5 Å². The molecule has 0 bridgehead atoms. The van der Waals surface area contributed by atoms with Gasteiger partial charge in [-0.2, -0.15) is 0 Å². The van der Waals surface area contributed by atoms with Crippen molar-refractivity contribution in [3.05, 3.63) is 176 Å². The molecule has 0 unspecified atom stereocenters. The van der Waals surface area contributed by atoms with Gasteiger partial charge in [-0.25, -0.2) is 9.97 Å². The predicted molar refractivity (Wildman–Crippen MR) is 225 cm³/mol. The molecule has 8 aromatic carbocycles. The number of rotatable bonds is 4. The van der Waals surface area contributed by atoms with Crippen LogP contribution >= 0.6 is 0 Å². The molecule has 0 saturated carbocycles. The van der Waals surface area contributed by atoms with Crippen molar-refractivity contribution >= 4 is 76.6 Å². The van der Waals surface area contributed by atoms with Gasteiger partial charge in [0.25, 0.3) is 0 Å². The Morgan fingerprint density at radius 1 is 0.418 bits per heavy atom. The Morgan fingerprint density at radius 2 is 1.02 bits per heavy atom. The van der Waals surface area contributed by atoms with E-state index in [0.717, 1.165) is 93.9 Å². The van der Waals surface area contributed by atoms with Crippen LogP contribution in [-0.2, 0) is 0 Å². The Labute approximate surface area is 314 Å². The Hall–Kier alpha value is -7.50. The Balaban J connectivity index is 1.15. The minimum Gasteiger partial charge on any atom is -0.455 e. The van der Waals surface area contributed by atoms with Gasteiger partial charge < -0.3 is 13.4 Å². The fourth-order valence-electron chi connectivity index (χ4n) is 8.47. The van der Waals surface area contributed by atoms with Crippen LogP contribution in [0.15, 0.2) is 185 Å². The van der Waals surface area contributed by atoms with Gasteiger partial charge in [0.1, 0.15) is 28.0 Å². The van der Waals surface area contributed by atoms with Crippen LogP contribution in [0.3, 0.4) is 0 Å². The minimum absolute atomic E-state index is 0.613. The van der Waals surface area contributed by atoms with Crippen molar-refractivity contribution in [2.75, 3.05) is 0 Å². The highest BCUT2D eigenvalue weighted by molar-refractivity contribution is 6.21. The molecule has 4 aromatic heterocycles. The quantitative estimate of drug-likeness (QED) is 0.183. The molecule has 4 heterocycles. The van der Waals surface area contributed by atoms with Crippen LogP contribution in [0.2, 0.25) is 0 Å². The normalized spacial score (nSPS) is 12.0. The standard InChI is InChI=1S/C50H29N3O2/c1-2-12-30(13-3-1)31-22-24-32(25-23-31)46-49-47(38-18-8-11-21-43(38)55-49)52-50(51-46)40-28-33-14-4-5-15-35(33)48-45(40)39-29-34(26-27-44(39)54-48)53-41-19-9-6-16-36(41)37-17-7-10-20-42(37)53/h1-29H. The van der Waals surface area contributed by atoms with E-state index >= 15 is 0 Å². The Bertz CT molecular complexity index is 3430. The molecule has 0 aliphatic carbocycles. The first-order chi connectivity index (χ1) is 27.3. The summed E-state index contributed by atoms with van der Waals surface area (Å²) in [5, 5.41) is 7.48. The maximum Gasteiger partial charge on any atom is 0.180 e. The molecule has 0 fully saturated rings. The van der Waals surface area contributed by atoms with Crippen molar-refractivity contribution < 1.29 is 8.83 Å². The molecular weight excluding hydrogens is 675 g/mol. The van der Waals surface area contributed by atoms with E-state index in [1.165, 1.54) is 10.8 Å². The van der Waals surface area contributed by atoms with Crippen LogP contribution in [0.1, 0.15) is 0 Å². The Morgan fingerprint density at radius 3 is 1.80 bits per heavy atom. The molecule has 5 heteroatoms. The molecule has 12 aromatic rings. The highest BCUT2D eigenvalue weighted by Gasteiger charge is 2.23. The summed E-state index contributed by atoms with van der Waals surface area (Å²) in [4.78, 5) is 10.7. The topological polar surface area (TPSA) is 57.0 Å². The molecule has 0 atom stereocenters. The first-order valence-electron chi connectivity index (χ1n) is 18.5. The van der Waals surface area contributed by atoms with Crippen LogP contribution in [0, 0.1) is 0 Å². The second-order valence-electron chi connectivity index (χ2n) is 14.1. The van der Waals surface area contributed by atoms with E-state index in [2.05, 4.69) is 156 Å². The van der Waals surface area contributed by atoms with Crippen LogP contribution in [0.5, 0.6) is 0 Å². The lowest BCUT2D eigenvalue weighted by Crippen LogP contribution is -1.95. The summed E-state index contributed by atoms with van der Waals surface area (Å²) in [5.74, 6) is 0.613. The van der Waals surface area contributed by atoms with Gasteiger partial charge in [-0.3, -0.25) is 0 Å². The monoisotopic (exact) mass is 703 g/mol.